The van der Waals surface area contributed by atoms with Crippen molar-refractivity contribution in [3.8, 4) is 5.75 Å². The van der Waals surface area contributed by atoms with Crippen LogP contribution in [0.4, 0.5) is 5.69 Å². The van der Waals surface area contributed by atoms with Crippen LogP contribution in [0.15, 0.2) is 48.5 Å². The Labute approximate surface area is 201 Å². The van der Waals surface area contributed by atoms with Crippen molar-refractivity contribution in [3.05, 3.63) is 69.8 Å². The van der Waals surface area contributed by atoms with E-state index < -0.39 is 16.9 Å². The highest BCUT2D eigenvalue weighted by Gasteiger charge is 2.13. The fourth-order valence-electron chi connectivity index (χ4n) is 3.56. The van der Waals surface area contributed by atoms with E-state index in [4.69, 9.17) is 9.47 Å². The molecule has 0 aliphatic carbocycles. The lowest BCUT2D eigenvalue weighted by molar-refractivity contribution is -0.384. The van der Waals surface area contributed by atoms with E-state index in [2.05, 4.69) is 6.92 Å². The molecule has 2 aromatic rings. The normalized spacial score (nSPS) is 10.6. The highest BCUT2D eigenvalue weighted by atomic mass is 16.6. The van der Waals surface area contributed by atoms with Gasteiger partial charge in [-0.15, -0.1) is 0 Å². The Kier molecular flexibility index (Phi) is 12.4. The number of nitro benzene ring substituents is 1. The summed E-state index contributed by atoms with van der Waals surface area (Å²) in [5, 5.41) is 10.7. The van der Waals surface area contributed by atoms with E-state index in [1.165, 1.54) is 94.2 Å². The zero-order valence-electron chi connectivity index (χ0n) is 20.0. The second-order valence-corrected chi connectivity index (χ2v) is 8.39. The summed E-state index contributed by atoms with van der Waals surface area (Å²) in [4.78, 5) is 34.5. The number of hydrogen-bond acceptors (Lipinski definition) is 6. The van der Waals surface area contributed by atoms with E-state index in [0.717, 1.165) is 12.8 Å². The summed E-state index contributed by atoms with van der Waals surface area (Å²) in [6, 6.07) is 11.3. The van der Waals surface area contributed by atoms with Gasteiger partial charge in [0.05, 0.1) is 22.7 Å². The van der Waals surface area contributed by atoms with Gasteiger partial charge < -0.3 is 9.47 Å². The summed E-state index contributed by atoms with van der Waals surface area (Å²) >= 11 is 0. The van der Waals surface area contributed by atoms with E-state index in [0.29, 0.717) is 12.2 Å². The van der Waals surface area contributed by atoms with Crippen LogP contribution < -0.4 is 4.74 Å². The van der Waals surface area contributed by atoms with Gasteiger partial charge in [0.1, 0.15) is 5.75 Å². The Morgan fingerprint density at radius 3 is 1.71 bits per heavy atom. The van der Waals surface area contributed by atoms with Crippen LogP contribution in [0, 0.1) is 10.1 Å². The predicted octanol–water partition coefficient (Wildman–Crippen LogP) is 7.28. The first-order valence-electron chi connectivity index (χ1n) is 12.2. The minimum absolute atomic E-state index is 0.104. The Bertz CT molecular complexity index is 892. The molecule has 0 heterocycles. The van der Waals surface area contributed by atoms with Crippen molar-refractivity contribution in [2.24, 2.45) is 0 Å². The third kappa shape index (κ3) is 10.1. The average Bonchev–Trinajstić information content (AvgIpc) is 2.85. The van der Waals surface area contributed by atoms with Crippen molar-refractivity contribution in [2.75, 3.05) is 6.61 Å². The molecule has 0 atom stereocenters. The molecule has 0 fully saturated rings. The van der Waals surface area contributed by atoms with Gasteiger partial charge in [0.2, 0.25) is 0 Å². The first kappa shape index (κ1) is 27.0. The maximum Gasteiger partial charge on any atom is 0.343 e. The van der Waals surface area contributed by atoms with Crippen LogP contribution in [0.5, 0.6) is 5.75 Å². The summed E-state index contributed by atoms with van der Waals surface area (Å²) < 4.78 is 10.6. The smallest absolute Gasteiger partial charge is 0.343 e. The SMILES string of the molecule is CCCCCCCCCCCCCOC(=O)c1ccc(OC(=O)c2ccc([N+](=O)[O-])cc2)cc1. The molecule has 184 valence electrons. The van der Waals surface area contributed by atoms with Crippen molar-refractivity contribution in [1.29, 1.82) is 0 Å². The molecule has 0 bridgehead atoms. The number of non-ortho nitro benzene ring substituents is 1. The number of benzene rings is 2. The second-order valence-electron chi connectivity index (χ2n) is 8.39. The van der Waals surface area contributed by atoms with Gasteiger partial charge in [0.15, 0.2) is 0 Å². The summed E-state index contributed by atoms with van der Waals surface area (Å²) in [6.07, 6.45) is 13.6. The molecule has 0 aliphatic heterocycles. The summed E-state index contributed by atoms with van der Waals surface area (Å²) in [7, 11) is 0. The highest BCUT2D eigenvalue weighted by molar-refractivity contribution is 5.92. The summed E-state index contributed by atoms with van der Waals surface area (Å²) in [5.74, 6) is -0.771. The summed E-state index contributed by atoms with van der Waals surface area (Å²) in [5.41, 5.74) is 0.479. The molecule has 0 saturated carbocycles. The van der Waals surface area contributed by atoms with Gasteiger partial charge in [-0.2, -0.15) is 0 Å². The number of nitro groups is 1. The van der Waals surface area contributed by atoms with Gasteiger partial charge in [-0.1, -0.05) is 71.1 Å². The van der Waals surface area contributed by atoms with Crippen LogP contribution in [-0.2, 0) is 4.74 Å². The molecule has 0 unspecified atom stereocenters. The first-order valence-corrected chi connectivity index (χ1v) is 12.2. The minimum Gasteiger partial charge on any atom is -0.462 e. The molecular formula is C27H35NO6. The Hall–Kier alpha value is -3.22. The molecule has 0 amide bonds. The number of rotatable bonds is 16. The minimum atomic E-state index is -0.637. The molecule has 7 heteroatoms. The van der Waals surface area contributed by atoms with Gasteiger partial charge in [-0.25, -0.2) is 9.59 Å². The third-order valence-electron chi connectivity index (χ3n) is 5.60. The standard InChI is InChI=1S/C27H35NO6/c1-2-3-4-5-6-7-8-9-10-11-12-21-33-26(29)22-15-19-25(20-16-22)34-27(30)23-13-17-24(18-14-23)28(31)32/h13-20H,2-12,21H2,1H3. The monoisotopic (exact) mass is 469 g/mol. The number of nitrogens with zero attached hydrogens (tertiary/aromatic N) is 1. The maximum atomic E-state index is 12.2. The number of unbranched alkanes of at least 4 members (excludes halogenated alkanes) is 10. The van der Waals surface area contributed by atoms with Crippen LogP contribution in [0.1, 0.15) is 98.3 Å². The molecule has 0 spiro atoms. The Morgan fingerprint density at radius 2 is 1.18 bits per heavy atom. The Balaban J connectivity index is 1.61. The van der Waals surface area contributed by atoms with Gasteiger partial charge >= 0.3 is 11.9 Å². The maximum absolute atomic E-state index is 12.2. The predicted molar refractivity (Wildman–Crippen MR) is 131 cm³/mol. The lowest BCUT2D eigenvalue weighted by Gasteiger charge is -2.07. The number of ether oxygens (including phenoxy) is 2. The van der Waals surface area contributed by atoms with Gasteiger partial charge in [-0.3, -0.25) is 10.1 Å². The molecule has 0 aromatic heterocycles. The molecule has 2 aromatic carbocycles. The highest BCUT2D eigenvalue weighted by Crippen LogP contribution is 2.17. The van der Waals surface area contributed by atoms with Gasteiger partial charge in [0.25, 0.3) is 5.69 Å². The zero-order valence-corrected chi connectivity index (χ0v) is 20.0. The van der Waals surface area contributed by atoms with Crippen molar-refractivity contribution in [3.63, 3.8) is 0 Å². The molecule has 0 radical (unpaired) electrons. The van der Waals surface area contributed by atoms with Gasteiger partial charge in [0, 0.05) is 12.1 Å². The van der Waals surface area contributed by atoms with E-state index in [1.54, 1.807) is 12.1 Å². The Morgan fingerprint density at radius 1 is 0.706 bits per heavy atom. The molecule has 0 saturated heterocycles. The molecule has 2 rings (SSSR count). The topological polar surface area (TPSA) is 95.7 Å². The lowest BCUT2D eigenvalue weighted by atomic mass is 10.1. The van der Waals surface area contributed by atoms with Crippen molar-refractivity contribution >= 4 is 17.6 Å². The van der Waals surface area contributed by atoms with Crippen LogP contribution in [0.3, 0.4) is 0 Å². The van der Waals surface area contributed by atoms with Crippen molar-refractivity contribution < 1.29 is 24.0 Å². The molecule has 0 N–H and O–H groups in total. The molecule has 7 nitrogen and oxygen atoms in total. The van der Waals surface area contributed by atoms with E-state index in [-0.39, 0.29) is 17.0 Å². The van der Waals surface area contributed by atoms with Gasteiger partial charge in [-0.05, 0) is 42.8 Å². The van der Waals surface area contributed by atoms with Crippen LogP contribution in [0.2, 0.25) is 0 Å². The fourth-order valence-corrected chi connectivity index (χ4v) is 3.56. The van der Waals surface area contributed by atoms with Crippen LogP contribution in [0.25, 0.3) is 0 Å². The number of hydrogen-bond donors (Lipinski definition) is 0. The quantitative estimate of drug-likeness (QED) is 0.0842. The fraction of sp³-hybridized carbons (Fsp3) is 0.481. The number of carbonyl (C=O) groups is 2. The van der Waals surface area contributed by atoms with E-state index in [9.17, 15) is 19.7 Å². The first-order chi connectivity index (χ1) is 16.5. The summed E-state index contributed by atoms with van der Waals surface area (Å²) in [6.45, 7) is 2.63. The van der Waals surface area contributed by atoms with Crippen molar-refractivity contribution in [2.45, 2.75) is 77.6 Å². The van der Waals surface area contributed by atoms with E-state index in [1.807, 2.05) is 0 Å². The van der Waals surface area contributed by atoms with Crippen LogP contribution in [-0.4, -0.2) is 23.5 Å². The third-order valence-corrected chi connectivity index (χ3v) is 5.60. The lowest BCUT2D eigenvalue weighted by Crippen LogP contribution is -2.09. The molecular weight excluding hydrogens is 434 g/mol. The second kappa shape index (κ2) is 15.6. The van der Waals surface area contributed by atoms with E-state index >= 15 is 0 Å². The van der Waals surface area contributed by atoms with Crippen molar-refractivity contribution in [1.82, 2.24) is 0 Å². The molecule has 34 heavy (non-hydrogen) atoms. The zero-order chi connectivity index (χ0) is 24.6. The average molecular weight is 470 g/mol. The number of esters is 2. The largest absolute Gasteiger partial charge is 0.462 e. The van der Waals surface area contributed by atoms with Crippen LogP contribution >= 0.6 is 0 Å². The number of carbonyl (C=O) groups excluding carboxylic acids is 2. The molecule has 0 aliphatic rings.